The van der Waals surface area contributed by atoms with Gasteiger partial charge in [-0.15, -0.1) is 0 Å². The molecule has 0 bridgehead atoms. The highest BCUT2D eigenvalue weighted by molar-refractivity contribution is 6.30. The van der Waals surface area contributed by atoms with Crippen molar-refractivity contribution in [3.8, 4) is 0 Å². The van der Waals surface area contributed by atoms with E-state index >= 15 is 0 Å². The van der Waals surface area contributed by atoms with Gasteiger partial charge < -0.3 is 14.9 Å². The Morgan fingerprint density at radius 3 is 2.43 bits per heavy atom. The van der Waals surface area contributed by atoms with Gasteiger partial charge in [0.15, 0.2) is 6.10 Å². The molecule has 5 nitrogen and oxygen atoms in total. The quantitative estimate of drug-likeness (QED) is 0.936. The van der Waals surface area contributed by atoms with Gasteiger partial charge in [0, 0.05) is 37.4 Å². The van der Waals surface area contributed by atoms with Gasteiger partial charge in [-0.1, -0.05) is 23.7 Å². The first-order chi connectivity index (χ1) is 11.1. The lowest BCUT2D eigenvalue weighted by Crippen LogP contribution is -2.50. The number of piperazine rings is 1. The molecule has 1 aliphatic heterocycles. The number of carbonyl (C=O) groups excluding carboxylic acids is 1. The van der Waals surface area contributed by atoms with Crippen LogP contribution in [-0.2, 0) is 4.79 Å². The number of aliphatic hydroxyl groups is 1. The second kappa shape index (κ2) is 6.98. The molecule has 0 aliphatic carbocycles. The predicted octanol–water partition coefficient (Wildman–Crippen LogP) is 2.12. The first kappa shape index (κ1) is 15.8. The molecule has 0 saturated carbocycles. The summed E-state index contributed by atoms with van der Waals surface area (Å²) >= 11 is 5.83. The van der Waals surface area contributed by atoms with Crippen LogP contribution < -0.4 is 4.90 Å². The zero-order chi connectivity index (χ0) is 16.2. The van der Waals surface area contributed by atoms with Gasteiger partial charge in [-0.3, -0.25) is 9.78 Å². The average molecular weight is 332 g/mol. The van der Waals surface area contributed by atoms with Crippen LogP contribution in [0.15, 0.2) is 48.8 Å². The van der Waals surface area contributed by atoms with E-state index in [1.54, 1.807) is 35.4 Å². The zero-order valence-electron chi connectivity index (χ0n) is 12.6. The molecule has 2 aromatic rings. The molecule has 1 aromatic heterocycles. The van der Waals surface area contributed by atoms with Gasteiger partial charge >= 0.3 is 0 Å². The lowest BCUT2D eigenvalue weighted by Gasteiger charge is -2.36. The molecule has 23 heavy (non-hydrogen) atoms. The van der Waals surface area contributed by atoms with Crippen LogP contribution in [0.1, 0.15) is 11.7 Å². The van der Waals surface area contributed by atoms with Crippen LogP contribution in [0, 0.1) is 0 Å². The molecule has 2 heterocycles. The number of nitrogens with zero attached hydrogens (tertiary/aromatic N) is 3. The van der Waals surface area contributed by atoms with Gasteiger partial charge in [0.1, 0.15) is 0 Å². The van der Waals surface area contributed by atoms with Crippen LogP contribution in [0.5, 0.6) is 0 Å². The van der Waals surface area contributed by atoms with Crippen LogP contribution in [0.4, 0.5) is 5.69 Å². The van der Waals surface area contributed by atoms with Gasteiger partial charge in [0.05, 0.1) is 11.9 Å². The van der Waals surface area contributed by atoms with E-state index in [9.17, 15) is 9.90 Å². The summed E-state index contributed by atoms with van der Waals surface area (Å²) in [6, 6.07) is 10.6. The fraction of sp³-hybridized carbons (Fsp3) is 0.294. The summed E-state index contributed by atoms with van der Waals surface area (Å²) in [5.74, 6) is -0.266. The van der Waals surface area contributed by atoms with E-state index < -0.39 is 6.10 Å². The molecule has 0 spiro atoms. The van der Waals surface area contributed by atoms with E-state index in [4.69, 9.17) is 11.6 Å². The minimum atomic E-state index is -1.14. The monoisotopic (exact) mass is 331 g/mol. The van der Waals surface area contributed by atoms with E-state index in [1.165, 1.54) is 0 Å². The maximum atomic E-state index is 12.4. The van der Waals surface area contributed by atoms with Crippen molar-refractivity contribution >= 4 is 23.2 Å². The van der Waals surface area contributed by atoms with Crippen molar-refractivity contribution in [2.75, 3.05) is 31.1 Å². The van der Waals surface area contributed by atoms with Crippen molar-refractivity contribution < 1.29 is 9.90 Å². The van der Waals surface area contributed by atoms with E-state index in [0.29, 0.717) is 23.7 Å². The Kier molecular flexibility index (Phi) is 4.79. The summed E-state index contributed by atoms with van der Waals surface area (Å²) < 4.78 is 0. The molecule has 1 saturated heterocycles. The molecule has 1 fully saturated rings. The van der Waals surface area contributed by atoms with Gasteiger partial charge in [0.2, 0.25) is 0 Å². The molecule has 1 N–H and O–H groups in total. The summed E-state index contributed by atoms with van der Waals surface area (Å²) in [4.78, 5) is 20.4. The van der Waals surface area contributed by atoms with Crippen molar-refractivity contribution in [3.05, 3.63) is 59.4 Å². The Hall–Kier alpha value is -2.11. The van der Waals surface area contributed by atoms with E-state index in [0.717, 1.165) is 18.8 Å². The Labute approximate surface area is 140 Å². The van der Waals surface area contributed by atoms with Crippen LogP contribution >= 0.6 is 11.6 Å². The smallest absolute Gasteiger partial charge is 0.256 e. The Balaban J connectivity index is 1.60. The highest BCUT2D eigenvalue weighted by Gasteiger charge is 2.27. The number of halogens is 1. The Bertz CT molecular complexity index is 655. The van der Waals surface area contributed by atoms with E-state index in [2.05, 4.69) is 9.88 Å². The van der Waals surface area contributed by atoms with Crippen molar-refractivity contribution in [1.82, 2.24) is 9.88 Å². The highest BCUT2D eigenvalue weighted by atomic mass is 35.5. The van der Waals surface area contributed by atoms with Crippen LogP contribution in [0.2, 0.25) is 5.02 Å². The van der Waals surface area contributed by atoms with E-state index in [-0.39, 0.29) is 5.91 Å². The molecular formula is C17H18ClN3O2. The second-order valence-corrected chi connectivity index (χ2v) is 5.91. The van der Waals surface area contributed by atoms with Gasteiger partial charge in [0.25, 0.3) is 5.91 Å². The third-order valence-corrected chi connectivity index (χ3v) is 4.27. The van der Waals surface area contributed by atoms with Crippen LogP contribution in [0.3, 0.4) is 0 Å². The summed E-state index contributed by atoms with van der Waals surface area (Å²) in [6.45, 7) is 2.62. The number of carbonyl (C=O) groups is 1. The third-order valence-electron chi connectivity index (χ3n) is 4.02. The molecular weight excluding hydrogens is 314 g/mol. The van der Waals surface area contributed by atoms with E-state index in [1.807, 2.05) is 18.3 Å². The summed E-state index contributed by atoms with van der Waals surface area (Å²) in [5, 5.41) is 10.8. The highest BCUT2D eigenvalue weighted by Crippen LogP contribution is 2.20. The lowest BCUT2D eigenvalue weighted by atomic mass is 10.1. The van der Waals surface area contributed by atoms with Crippen molar-refractivity contribution in [3.63, 3.8) is 0 Å². The number of aromatic nitrogens is 1. The van der Waals surface area contributed by atoms with Crippen LogP contribution in [0.25, 0.3) is 0 Å². The first-order valence-corrected chi connectivity index (χ1v) is 7.90. The molecule has 3 rings (SSSR count). The number of hydrogen-bond acceptors (Lipinski definition) is 4. The molecule has 120 valence electrons. The number of hydrogen-bond donors (Lipinski definition) is 1. The number of anilines is 1. The van der Waals surface area contributed by atoms with Crippen molar-refractivity contribution in [1.29, 1.82) is 0 Å². The number of amides is 1. The fourth-order valence-corrected chi connectivity index (χ4v) is 2.81. The summed E-state index contributed by atoms with van der Waals surface area (Å²) in [6.07, 6.45) is 2.42. The first-order valence-electron chi connectivity index (χ1n) is 7.52. The van der Waals surface area contributed by atoms with Crippen molar-refractivity contribution in [2.45, 2.75) is 6.10 Å². The zero-order valence-corrected chi connectivity index (χ0v) is 13.4. The maximum absolute atomic E-state index is 12.4. The summed E-state index contributed by atoms with van der Waals surface area (Å²) in [5.41, 5.74) is 1.62. The fourth-order valence-electron chi connectivity index (χ4n) is 2.69. The van der Waals surface area contributed by atoms with Crippen LogP contribution in [-0.4, -0.2) is 47.1 Å². The SMILES string of the molecule is O=C(C(O)c1ccc(Cl)cc1)N1CCN(c2cccnc2)CC1. The predicted molar refractivity (Wildman–Crippen MR) is 89.4 cm³/mol. The molecule has 1 aromatic carbocycles. The molecule has 0 radical (unpaired) electrons. The average Bonchev–Trinajstić information content (AvgIpc) is 2.62. The molecule has 1 aliphatic rings. The number of aliphatic hydroxyl groups excluding tert-OH is 1. The molecule has 1 amide bonds. The maximum Gasteiger partial charge on any atom is 0.256 e. The van der Waals surface area contributed by atoms with Gasteiger partial charge in [-0.25, -0.2) is 0 Å². The number of benzene rings is 1. The second-order valence-electron chi connectivity index (χ2n) is 5.48. The van der Waals surface area contributed by atoms with Crippen molar-refractivity contribution in [2.24, 2.45) is 0 Å². The number of rotatable bonds is 3. The Morgan fingerprint density at radius 1 is 1.13 bits per heavy atom. The largest absolute Gasteiger partial charge is 0.378 e. The lowest BCUT2D eigenvalue weighted by molar-refractivity contribution is -0.140. The topological polar surface area (TPSA) is 56.7 Å². The standard InChI is InChI=1S/C17H18ClN3O2/c18-14-5-3-13(4-6-14)16(22)17(23)21-10-8-20(9-11-21)15-2-1-7-19-12-15/h1-7,12,16,22H,8-11H2. The Morgan fingerprint density at radius 2 is 1.83 bits per heavy atom. The molecule has 1 unspecified atom stereocenters. The molecule has 6 heteroatoms. The van der Waals surface area contributed by atoms with Gasteiger partial charge in [-0.2, -0.15) is 0 Å². The number of pyridine rings is 1. The third kappa shape index (κ3) is 3.63. The molecule has 1 atom stereocenters. The van der Waals surface area contributed by atoms with Gasteiger partial charge in [-0.05, 0) is 29.8 Å². The summed E-state index contributed by atoms with van der Waals surface area (Å²) in [7, 11) is 0. The minimum Gasteiger partial charge on any atom is -0.378 e. The minimum absolute atomic E-state index is 0.266. The normalized spacial score (nSPS) is 16.3.